The van der Waals surface area contributed by atoms with Crippen molar-refractivity contribution in [3.63, 3.8) is 0 Å². The quantitative estimate of drug-likeness (QED) is 0.720. The minimum atomic E-state index is -0.0534. The summed E-state index contributed by atoms with van der Waals surface area (Å²) >= 11 is 0. The fourth-order valence-electron chi connectivity index (χ4n) is 3.40. The molecule has 0 atom stereocenters. The SMILES string of the molecule is COc1cc(OC)c(C(=O)N2CCN(C/C=C/c3ccccc3)CC2)cc1OC. The molecule has 1 amide bonds. The third kappa shape index (κ3) is 5.09. The van der Waals surface area contributed by atoms with E-state index in [1.165, 1.54) is 5.56 Å². The van der Waals surface area contributed by atoms with Crippen molar-refractivity contribution in [1.29, 1.82) is 0 Å². The number of rotatable bonds is 7. The van der Waals surface area contributed by atoms with Crippen LogP contribution in [0.3, 0.4) is 0 Å². The van der Waals surface area contributed by atoms with Crippen LogP contribution < -0.4 is 14.2 Å². The number of carbonyl (C=O) groups excluding carboxylic acids is 1. The fraction of sp³-hybridized carbons (Fsp3) is 0.348. The van der Waals surface area contributed by atoms with Gasteiger partial charge in [-0.1, -0.05) is 42.5 Å². The van der Waals surface area contributed by atoms with Gasteiger partial charge < -0.3 is 19.1 Å². The predicted molar refractivity (Wildman–Crippen MR) is 114 cm³/mol. The first-order valence-electron chi connectivity index (χ1n) is 9.69. The zero-order valence-corrected chi connectivity index (χ0v) is 17.3. The summed E-state index contributed by atoms with van der Waals surface area (Å²) in [6.07, 6.45) is 4.30. The summed E-state index contributed by atoms with van der Waals surface area (Å²) in [7, 11) is 4.67. The molecule has 2 aromatic carbocycles. The van der Waals surface area contributed by atoms with Gasteiger partial charge in [0.15, 0.2) is 11.5 Å². The molecule has 29 heavy (non-hydrogen) atoms. The van der Waals surface area contributed by atoms with Crippen LogP contribution in [0.25, 0.3) is 6.08 Å². The van der Waals surface area contributed by atoms with Crippen LogP contribution in [0.2, 0.25) is 0 Å². The Hall–Kier alpha value is -2.99. The highest BCUT2D eigenvalue weighted by molar-refractivity contribution is 5.98. The Morgan fingerprint density at radius 1 is 0.897 bits per heavy atom. The molecule has 0 unspecified atom stereocenters. The van der Waals surface area contributed by atoms with E-state index in [0.29, 0.717) is 35.9 Å². The molecule has 6 heteroatoms. The van der Waals surface area contributed by atoms with Crippen molar-refractivity contribution in [2.24, 2.45) is 0 Å². The Kier molecular flexibility index (Phi) is 7.14. The van der Waals surface area contributed by atoms with Crippen LogP contribution in [0, 0.1) is 0 Å². The van der Waals surface area contributed by atoms with E-state index >= 15 is 0 Å². The molecule has 1 aliphatic heterocycles. The molecule has 0 aromatic heterocycles. The largest absolute Gasteiger partial charge is 0.496 e. The van der Waals surface area contributed by atoms with Gasteiger partial charge in [-0.3, -0.25) is 9.69 Å². The molecule has 0 N–H and O–H groups in total. The van der Waals surface area contributed by atoms with E-state index in [9.17, 15) is 4.79 Å². The zero-order chi connectivity index (χ0) is 20.6. The summed E-state index contributed by atoms with van der Waals surface area (Å²) in [6.45, 7) is 3.89. The molecule has 1 heterocycles. The maximum Gasteiger partial charge on any atom is 0.257 e. The van der Waals surface area contributed by atoms with Crippen LogP contribution in [0.1, 0.15) is 15.9 Å². The molecular weight excluding hydrogens is 368 g/mol. The molecule has 0 saturated carbocycles. The Balaban J connectivity index is 1.60. The van der Waals surface area contributed by atoms with Gasteiger partial charge in [0.05, 0.1) is 26.9 Å². The van der Waals surface area contributed by atoms with E-state index in [4.69, 9.17) is 14.2 Å². The Morgan fingerprint density at radius 2 is 1.52 bits per heavy atom. The fourth-order valence-corrected chi connectivity index (χ4v) is 3.40. The number of piperazine rings is 1. The molecule has 0 aliphatic carbocycles. The maximum absolute atomic E-state index is 13.1. The lowest BCUT2D eigenvalue weighted by Crippen LogP contribution is -2.48. The van der Waals surface area contributed by atoms with E-state index in [0.717, 1.165) is 19.6 Å². The maximum atomic E-state index is 13.1. The molecule has 0 bridgehead atoms. The first-order chi connectivity index (χ1) is 14.2. The van der Waals surface area contributed by atoms with E-state index in [2.05, 4.69) is 29.2 Å². The van der Waals surface area contributed by atoms with E-state index in [-0.39, 0.29) is 5.91 Å². The monoisotopic (exact) mass is 396 g/mol. The topological polar surface area (TPSA) is 51.2 Å². The highest BCUT2D eigenvalue weighted by Crippen LogP contribution is 2.35. The Bertz CT molecular complexity index is 843. The van der Waals surface area contributed by atoms with Crippen molar-refractivity contribution in [3.05, 3.63) is 59.7 Å². The highest BCUT2D eigenvalue weighted by Gasteiger charge is 2.25. The highest BCUT2D eigenvalue weighted by atomic mass is 16.5. The van der Waals surface area contributed by atoms with Gasteiger partial charge in [0.1, 0.15) is 5.75 Å². The predicted octanol–water partition coefficient (Wildman–Crippen LogP) is 3.18. The van der Waals surface area contributed by atoms with Crippen molar-refractivity contribution in [2.75, 3.05) is 54.1 Å². The third-order valence-corrected chi connectivity index (χ3v) is 5.07. The van der Waals surface area contributed by atoms with Crippen molar-refractivity contribution in [3.8, 4) is 17.2 Å². The van der Waals surface area contributed by atoms with Crippen molar-refractivity contribution < 1.29 is 19.0 Å². The second-order valence-corrected chi connectivity index (χ2v) is 6.81. The van der Waals surface area contributed by atoms with Crippen LogP contribution in [0.15, 0.2) is 48.5 Å². The lowest BCUT2D eigenvalue weighted by atomic mass is 10.1. The average Bonchev–Trinajstić information content (AvgIpc) is 2.78. The summed E-state index contributed by atoms with van der Waals surface area (Å²) in [5.74, 6) is 1.49. The lowest BCUT2D eigenvalue weighted by molar-refractivity contribution is 0.0646. The summed E-state index contributed by atoms with van der Waals surface area (Å²) in [4.78, 5) is 17.3. The number of carbonyl (C=O) groups is 1. The second-order valence-electron chi connectivity index (χ2n) is 6.81. The zero-order valence-electron chi connectivity index (χ0n) is 17.3. The van der Waals surface area contributed by atoms with Crippen molar-refractivity contribution in [1.82, 2.24) is 9.80 Å². The summed E-state index contributed by atoms with van der Waals surface area (Å²) < 4.78 is 16.1. The molecule has 0 radical (unpaired) electrons. The van der Waals surface area contributed by atoms with Gasteiger partial charge in [0.25, 0.3) is 5.91 Å². The van der Waals surface area contributed by atoms with E-state index in [1.807, 2.05) is 23.1 Å². The van der Waals surface area contributed by atoms with Gasteiger partial charge in [0, 0.05) is 44.9 Å². The molecule has 6 nitrogen and oxygen atoms in total. The lowest BCUT2D eigenvalue weighted by Gasteiger charge is -2.34. The Morgan fingerprint density at radius 3 is 2.14 bits per heavy atom. The summed E-state index contributed by atoms with van der Waals surface area (Å²) in [5.41, 5.74) is 1.68. The normalized spacial score (nSPS) is 14.8. The molecule has 154 valence electrons. The number of hydrogen-bond acceptors (Lipinski definition) is 5. The van der Waals surface area contributed by atoms with Gasteiger partial charge in [-0.05, 0) is 5.56 Å². The molecule has 1 fully saturated rings. The average molecular weight is 396 g/mol. The van der Waals surface area contributed by atoms with Crippen LogP contribution in [0.4, 0.5) is 0 Å². The standard InChI is InChI=1S/C23H28N2O4/c1-27-20-17-22(29-3)21(28-2)16-19(20)23(26)25-14-12-24(13-15-25)11-7-10-18-8-5-4-6-9-18/h4-10,16-17H,11-15H2,1-3H3/b10-7+. The van der Waals surface area contributed by atoms with Gasteiger partial charge >= 0.3 is 0 Å². The first kappa shape index (κ1) is 20.7. The van der Waals surface area contributed by atoms with Gasteiger partial charge in [-0.15, -0.1) is 0 Å². The second kappa shape index (κ2) is 9.98. The number of methoxy groups -OCH3 is 3. The van der Waals surface area contributed by atoms with Crippen LogP contribution in [-0.2, 0) is 0 Å². The third-order valence-electron chi connectivity index (χ3n) is 5.07. The van der Waals surface area contributed by atoms with E-state index < -0.39 is 0 Å². The smallest absolute Gasteiger partial charge is 0.257 e. The Labute approximate surface area is 172 Å². The van der Waals surface area contributed by atoms with Crippen LogP contribution >= 0.6 is 0 Å². The molecule has 2 aromatic rings. The first-order valence-corrected chi connectivity index (χ1v) is 9.69. The van der Waals surface area contributed by atoms with Gasteiger partial charge in [-0.2, -0.15) is 0 Å². The van der Waals surface area contributed by atoms with Crippen LogP contribution in [0.5, 0.6) is 17.2 Å². The minimum Gasteiger partial charge on any atom is -0.496 e. The van der Waals surface area contributed by atoms with Crippen molar-refractivity contribution >= 4 is 12.0 Å². The molecule has 0 spiro atoms. The van der Waals surface area contributed by atoms with Gasteiger partial charge in [0.2, 0.25) is 0 Å². The summed E-state index contributed by atoms with van der Waals surface area (Å²) in [5, 5.41) is 0. The minimum absolute atomic E-state index is 0.0534. The number of ether oxygens (including phenoxy) is 3. The van der Waals surface area contributed by atoms with Crippen molar-refractivity contribution in [2.45, 2.75) is 0 Å². The molecular formula is C23H28N2O4. The molecule has 1 aliphatic rings. The number of nitrogens with zero attached hydrogens (tertiary/aromatic N) is 2. The summed E-state index contributed by atoms with van der Waals surface area (Å²) in [6, 6.07) is 13.6. The van der Waals surface area contributed by atoms with E-state index in [1.54, 1.807) is 33.5 Å². The van der Waals surface area contributed by atoms with Gasteiger partial charge in [-0.25, -0.2) is 0 Å². The molecule has 1 saturated heterocycles. The number of benzene rings is 2. The number of hydrogen-bond donors (Lipinski definition) is 0. The van der Waals surface area contributed by atoms with Crippen LogP contribution in [-0.4, -0.2) is 69.8 Å². The number of amides is 1. The molecule has 3 rings (SSSR count).